The van der Waals surface area contributed by atoms with Gasteiger partial charge in [-0.2, -0.15) is 0 Å². The van der Waals surface area contributed by atoms with Crippen molar-refractivity contribution in [2.24, 2.45) is 0 Å². The summed E-state index contributed by atoms with van der Waals surface area (Å²) in [5.74, 6) is -0.164. The minimum atomic E-state index is -3.31. The SMILES string of the molecule is CC(C)NC(=O)Nc1cccc(C(=O)N2CCCC[C@@H]2CNS(C)(=O)=O)c1. The Hall–Kier alpha value is -2.13. The lowest BCUT2D eigenvalue weighted by molar-refractivity contribution is 0.0619. The molecule has 3 amide bonds. The first-order valence-corrected chi connectivity index (χ1v) is 11.0. The molecule has 0 spiro atoms. The lowest BCUT2D eigenvalue weighted by Gasteiger charge is -2.36. The summed E-state index contributed by atoms with van der Waals surface area (Å²) in [5, 5.41) is 5.45. The molecule has 1 heterocycles. The van der Waals surface area contributed by atoms with Crippen LogP contribution in [0.4, 0.5) is 10.5 Å². The van der Waals surface area contributed by atoms with Gasteiger partial charge in [0.15, 0.2) is 0 Å². The van der Waals surface area contributed by atoms with Crippen LogP contribution < -0.4 is 15.4 Å². The van der Waals surface area contributed by atoms with Gasteiger partial charge in [0.05, 0.1) is 6.26 Å². The number of sulfonamides is 1. The first kappa shape index (κ1) is 21.2. The second kappa shape index (κ2) is 9.18. The molecule has 1 aliphatic rings. The molecule has 0 bridgehead atoms. The molecule has 2 rings (SSSR count). The van der Waals surface area contributed by atoms with Crippen LogP contribution in [-0.4, -0.2) is 56.7 Å². The second-order valence-corrected chi connectivity index (χ2v) is 8.94. The molecule has 0 aliphatic carbocycles. The van der Waals surface area contributed by atoms with Gasteiger partial charge in [-0.15, -0.1) is 0 Å². The van der Waals surface area contributed by atoms with Crippen molar-refractivity contribution in [3.8, 4) is 0 Å². The van der Waals surface area contributed by atoms with E-state index in [-0.39, 0.29) is 30.6 Å². The van der Waals surface area contributed by atoms with Gasteiger partial charge in [0.2, 0.25) is 10.0 Å². The van der Waals surface area contributed by atoms with Gasteiger partial charge in [-0.1, -0.05) is 6.07 Å². The van der Waals surface area contributed by atoms with E-state index in [0.29, 0.717) is 17.8 Å². The van der Waals surface area contributed by atoms with Crippen molar-refractivity contribution in [1.29, 1.82) is 0 Å². The zero-order valence-corrected chi connectivity index (χ0v) is 16.8. The lowest BCUT2D eigenvalue weighted by atomic mass is 10.0. The molecule has 8 nitrogen and oxygen atoms in total. The maximum Gasteiger partial charge on any atom is 0.319 e. The van der Waals surface area contributed by atoms with Gasteiger partial charge in [0.25, 0.3) is 5.91 Å². The largest absolute Gasteiger partial charge is 0.336 e. The highest BCUT2D eigenvalue weighted by Crippen LogP contribution is 2.21. The lowest BCUT2D eigenvalue weighted by Crippen LogP contribution is -2.49. The zero-order valence-electron chi connectivity index (χ0n) is 16.0. The minimum absolute atomic E-state index is 0.00580. The number of urea groups is 1. The van der Waals surface area contributed by atoms with Crippen LogP contribution >= 0.6 is 0 Å². The number of piperidine rings is 1. The van der Waals surface area contributed by atoms with E-state index < -0.39 is 10.0 Å². The molecule has 0 aromatic heterocycles. The Labute approximate surface area is 160 Å². The first-order chi connectivity index (χ1) is 12.7. The van der Waals surface area contributed by atoms with Crippen LogP contribution in [0, 0.1) is 0 Å². The van der Waals surface area contributed by atoms with Crippen LogP contribution in [0.15, 0.2) is 24.3 Å². The molecular formula is C18H28N4O4S. The third-order valence-electron chi connectivity index (χ3n) is 4.26. The van der Waals surface area contributed by atoms with Gasteiger partial charge in [0.1, 0.15) is 0 Å². The fraction of sp³-hybridized carbons (Fsp3) is 0.556. The molecule has 3 N–H and O–H groups in total. The molecule has 150 valence electrons. The number of carbonyl (C=O) groups excluding carboxylic acids is 2. The fourth-order valence-electron chi connectivity index (χ4n) is 3.05. The van der Waals surface area contributed by atoms with Gasteiger partial charge in [-0.25, -0.2) is 17.9 Å². The van der Waals surface area contributed by atoms with Crippen LogP contribution in [-0.2, 0) is 10.0 Å². The number of hydrogen-bond acceptors (Lipinski definition) is 4. The minimum Gasteiger partial charge on any atom is -0.336 e. The Bertz CT molecular complexity index is 779. The van der Waals surface area contributed by atoms with Crippen LogP contribution in [0.5, 0.6) is 0 Å². The van der Waals surface area contributed by atoms with E-state index in [9.17, 15) is 18.0 Å². The van der Waals surface area contributed by atoms with Gasteiger partial charge in [-0.05, 0) is 51.3 Å². The number of benzene rings is 1. The summed E-state index contributed by atoms with van der Waals surface area (Å²) in [6, 6.07) is 6.26. The van der Waals surface area contributed by atoms with E-state index in [1.54, 1.807) is 29.2 Å². The van der Waals surface area contributed by atoms with E-state index in [4.69, 9.17) is 0 Å². The Kier molecular flexibility index (Phi) is 7.20. The predicted molar refractivity (Wildman–Crippen MR) is 105 cm³/mol. The van der Waals surface area contributed by atoms with E-state index in [1.807, 2.05) is 13.8 Å². The third-order valence-corrected chi connectivity index (χ3v) is 4.95. The van der Waals surface area contributed by atoms with Gasteiger partial charge in [-0.3, -0.25) is 4.79 Å². The average Bonchev–Trinajstić information content (AvgIpc) is 2.58. The first-order valence-electron chi connectivity index (χ1n) is 9.09. The van der Waals surface area contributed by atoms with Crippen LogP contribution in [0.1, 0.15) is 43.5 Å². The molecule has 1 aromatic carbocycles. The summed E-state index contributed by atoms with van der Waals surface area (Å²) in [6.07, 6.45) is 3.70. The Morgan fingerprint density at radius 2 is 2.00 bits per heavy atom. The standard InChI is InChI=1S/C18H28N4O4S/c1-13(2)20-18(24)21-15-8-6-7-14(11-15)17(23)22-10-5-4-9-16(22)12-19-27(3,25)26/h6-8,11,13,16,19H,4-5,9-10,12H2,1-3H3,(H2,20,21,24)/t16-/m1/s1. The number of hydrogen-bond donors (Lipinski definition) is 3. The topological polar surface area (TPSA) is 108 Å². The van der Waals surface area contributed by atoms with Crippen molar-refractivity contribution in [3.63, 3.8) is 0 Å². The van der Waals surface area contributed by atoms with Crippen LogP contribution in [0.25, 0.3) is 0 Å². The smallest absolute Gasteiger partial charge is 0.319 e. The van der Waals surface area contributed by atoms with E-state index >= 15 is 0 Å². The number of rotatable bonds is 6. The third kappa shape index (κ3) is 6.84. The number of carbonyl (C=O) groups is 2. The molecular weight excluding hydrogens is 368 g/mol. The molecule has 1 fully saturated rings. The fourth-order valence-corrected chi connectivity index (χ4v) is 3.55. The predicted octanol–water partition coefficient (Wildman–Crippen LogP) is 1.76. The molecule has 1 saturated heterocycles. The number of nitrogens with one attached hydrogen (secondary N) is 3. The quantitative estimate of drug-likeness (QED) is 0.681. The molecule has 9 heteroatoms. The summed E-state index contributed by atoms with van der Waals surface area (Å²) in [7, 11) is -3.31. The zero-order chi connectivity index (χ0) is 20.0. The Morgan fingerprint density at radius 3 is 2.67 bits per heavy atom. The molecule has 1 aliphatic heterocycles. The van der Waals surface area contributed by atoms with E-state index in [1.165, 1.54) is 0 Å². The summed E-state index contributed by atoms with van der Waals surface area (Å²) < 4.78 is 25.3. The maximum absolute atomic E-state index is 13.0. The highest BCUT2D eigenvalue weighted by Gasteiger charge is 2.28. The monoisotopic (exact) mass is 396 g/mol. The molecule has 0 radical (unpaired) electrons. The van der Waals surface area contributed by atoms with Crippen molar-refractivity contribution >= 4 is 27.6 Å². The molecule has 0 saturated carbocycles. The van der Waals surface area contributed by atoms with Crippen molar-refractivity contribution in [2.75, 3.05) is 24.7 Å². The number of anilines is 1. The van der Waals surface area contributed by atoms with Crippen LogP contribution in [0.2, 0.25) is 0 Å². The van der Waals surface area contributed by atoms with Gasteiger partial charge < -0.3 is 15.5 Å². The van der Waals surface area contributed by atoms with Gasteiger partial charge >= 0.3 is 6.03 Å². The second-order valence-electron chi connectivity index (χ2n) is 7.10. The summed E-state index contributed by atoms with van der Waals surface area (Å²) >= 11 is 0. The van der Waals surface area contributed by atoms with Crippen LogP contribution in [0.3, 0.4) is 0 Å². The number of likely N-dealkylation sites (tertiary alicyclic amines) is 1. The molecule has 27 heavy (non-hydrogen) atoms. The highest BCUT2D eigenvalue weighted by molar-refractivity contribution is 7.88. The summed E-state index contributed by atoms with van der Waals surface area (Å²) in [5.41, 5.74) is 0.991. The number of amides is 3. The summed E-state index contributed by atoms with van der Waals surface area (Å²) in [6.45, 7) is 4.51. The van der Waals surface area contributed by atoms with Crippen molar-refractivity contribution < 1.29 is 18.0 Å². The molecule has 1 atom stereocenters. The number of nitrogens with zero attached hydrogens (tertiary/aromatic N) is 1. The van der Waals surface area contributed by atoms with Crippen molar-refractivity contribution in [1.82, 2.24) is 14.9 Å². The molecule has 1 aromatic rings. The highest BCUT2D eigenvalue weighted by atomic mass is 32.2. The van der Waals surface area contributed by atoms with Crippen molar-refractivity contribution in [2.45, 2.75) is 45.2 Å². The van der Waals surface area contributed by atoms with Crippen molar-refractivity contribution in [3.05, 3.63) is 29.8 Å². The average molecular weight is 397 g/mol. The summed E-state index contributed by atoms with van der Waals surface area (Å²) in [4.78, 5) is 26.5. The molecule has 0 unspecified atom stereocenters. The Balaban J connectivity index is 2.10. The van der Waals surface area contributed by atoms with E-state index in [2.05, 4.69) is 15.4 Å². The maximum atomic E-state index is 13.0. The van der Waals surface area contributed by atoms with Gasteiger partial charge in [0, 0.05) is 36.4 Å². The Morgan fingerprint density at radius 1 is 1.26 bits per heavy atom. The normalized spacial score (nSPS) is 17.6. The van der Waals surface area contributed by atoms with E-state index in [0.717, 1.165) is 25.5 Å².